The zero-order valence-corrected chi connectivity index (χ0v) is 18.4. The monoisotopic (exact) mass is 434 g/mol. The number of morpholine rings is 1. The van der Waals surface area contributed by atoms with Crippen LogP contribution in [0.4, 0.5) is 5.82 Å². The molecule has 3 aromatic rings. The highest BCUT2D eigenvalue weighted by Gasteiger charge is 2.24. The van der Waals surface area contributed by atoms with Crippen LogP contribution in [0.3, 0.4) is 0 Å². The number of anilines is 1. The number of hydrogen-bond donors (Lipinski definition) is 1. The van der Waals surface area contributed by atoms with Gasteiger partial charge in [0.05, 0.1) is 13.2 Å². The van der Waals surface area contributed by atoms with Crippen LogP contribution in [0.1, 0.15) is 37.1 Å². The van der Waals surface area contributed by atoms with Crippen molar-refractivity contribution in [3.05, 3.63) is 48.2 Å². The number of nitrogens with one attached hydrogen (secondary N) is 1. The lowest BCUT2D eigenvalue weighted by atomic mass is 10.2. The minimum atomic E-state index is 0.183. The van der Waals surface area contributed by atoms with Crippen molar-refractivity contribution < 1.29 is 9.53 Å². The number of aromatic nitrogens is 4. The number of fused-ring (bicyclic) bond motifs is 1. The smallest absolute Gasteiger partial charge is 0.220 e. The summed E-state index contributed by atoms with van der Waals surface area (Å²) in [5.41, 5.74) is 2.04. The molecule has 0 radical (unpaired) electrons. The van der Waals surface area contributed by atoms with E-state index in [1.165, 1.54) is 12.8 Å². The van der Waals surface area contributed by atoms with E-state index in [1.807, 2.05) is 24.7 Å². The molecule has 0 unspecified atom stereocenters. The number of amides is 1. The van der Waals surface area contributed by atoms with Gasteiger partial charge in [-0.25, -0.2) is 15.0 Å². The summed E-state index contributed by atoms with van der Waals surface area (Å²) in [6, 6.07) is 6.22. The average Bonchev–Trinajstić information content (AvgIpc) is 3.55. The van der Waals surface area contributed by atoms with Gasteiger partial charge in [-0.15, -0.1) is 0 Å². The van der Waals surface area contributed by atoms with Crippen molar-refractivity contribution in [1.29, 1.82) is 0 Å². The van der Waals surface area contributed by atoms with Crippen LogP contribution < -0.4 is 10.2 Å². The van der Waals surface area contributed by atoms with Crippen molar-refractivity contribution in [3.8, 4) is 0 Å². The zero-order valence-electron chi connectivity index (χ0n) is 18.4. The van der Waals surface area contributed by atoms with E-state index in [0.29, 0.717) is 25.3 Å². The fraction of sp³-hybridized carbons (Fsp3) is 0.500. The Hall–Kier alpha value is -3.00. The van der Waals surface area contributed by atoms with Crippen molar-refractivity contribution in [2.75, 3.05) is 37.7 Å². The van der Waals surface area contributed by atoms with E-state index in [9.17, 15) is 4.79 Å². The summed E-state index contributed by atoms with van der Waals surface area (Å²) in [6.45, 7) is 4.79. The molecule has 1 saturated heterocycles. The minimum Gasteiger partial charge on any atom is -0.378 e. The van der Waals surface area contributed by atoms with Gasteiger partial charge in [-0.3, -0.25) is 4.79 Å². The molecule has 1 amide bonds. The molecule has 4 heterocycles. The molecule has 5 rings (SSSR count). The van der Waals surface area contributed by atoms with E-state index in [-0.39, 0.29) is 5.91 Å². The maximum absolute atomic E-state index is 11.8. The Morgan fingerprint density at radius 3 is 2.78 bits per heavy atom. The molecule has 1 aliphatic carbocycles. The summed E-state index contributed by atoms with van der Waals surface area (Å²) in [5.74, 6) is 2.59. The fourth-order valence-electron chi connectivity index (χ4n) is 4.09. The molecule has 0 bridgehead atoms. The van der Waals surface area contributed by atoms with Gasteiger partial charge in [0.1, 0.15) is 17.3 Å². The average molecular weight is 435 g/mol. The quantitative estimate of drug-likeness (QED) is 0.521. The first kappa shape index (κ1) is 20.9. The van der Waals surface area contributed by atoms with E-state index in [1.54, 1.807) is 0 Å². The van der Waals surface area contributed by atoms with Gasteiger partial charge in [-0.2, -0.15) is 0 Å². The van der Waals surface area contributed by atoms with Crippen molar-refractivity contribution in [2.24, 2.45) is 5.92 Å². The zero-order chi connectivity index (χ0) is 21.8. The number of nitrogens with zero attached hydrogens (tertiary/aromatic N) is 5. The van der Waals surface area contributed by atoms with Crippen LogP contribution >= 0.6 is 0 Å². The van der Waals surface area contributed by atoms with Crippen LogP contribution in [-0.4, -0.2) is 58.3 Å². The molecule has 1 aliphatic heterocycles. The number of pyridine rings is 1. The summed E-state index contributed by atoms with van der Waals surface area (Å²) in [7, 11) is 0. The second-order valence-electron chi connectivity index (χ2n) is 8.73. The minimum absolute atomic E-state index is 0.183. The first-order chi connectivity index (χ1) is 15.7. The molecule has 0 spiro atoms. The molecule has 8 heteroatoms. The molecule has 0 aromatic carbocycles. The summed E-state index contributed by atoms with van der Waals surface area (Å²) in [5, 5.41) is 4.07. The van der Waals surface area contributed by atoms with Gasteiger partial charge in [0, 0.05) is 63.0 Å². The molecular weight excluding hydrogens is 404 g/mol. The molecule has 168 valence electrons. The topological polar surface area (TPSA) is 85.2 Å². The number of carbonyl (C=O) groups is 1. The Kier molecular flexibility index (Phi) is 6.29. The van der Waals surface area contributed by atoms with E-state index in [2.05, 4.69) is 36.9 Å². The Morgan fingerprint density at radius 1 is 1.12 bits per heavy atom. The Bertz CT molecular complexity index is 1050. The molecular formula is C24H30N6O2. The largest absolute Gasteiger partial charge is 0.378 e. The van der Waals surface area contributed by atoms with Crippen molar-refractivity contribution >= 4 is 22.8 Å². The molecule has 2 fully saturated rings. The highest BCUT2D eigenvalue weighted by Crippen LogP contribution is 2.32. The van der Waals surface area contributed by atoms with Gasteiger partial charge in [0.2, 0.25) is 5.91 Å². The Labute approximate surface area is 188 Å². The van der Waals surface area contributed by atoms with Crippen molar-refractivity contribution in [1.82, 2.24) is 24.8 Å². The summed E-state index contributed by atoms with van der Waals surface area (Å²) in [6.07, 6.45) is 10.5. The van der Waals surface area contributed by atoms with Gasteiger partial charge in [-0.1, -0.05) is 6.07 Å². The van der Waals surface area contributed by atoms with E-state index < -0.39 is 0 Å². The highest BCUT2D eigenvalue weighted by atomic mass is 16.5. The van der Waals surface area contributed by atoms with Crippen LogP contribution in [0.5, 0.6) is 0 Å². The summed E-state index contributed by atoms with van der Waals surface area (Å²) >= 11 is 0. The van der Waals surface area contributed by atoms with Crippen LogP contribution in [-0.2, 0) is 22.5 Å². The number of ether oxygens (including phenoxy) is 1. The fourth-order valence-corrected chi connectivity index (χ4v) is 4.09. The van der Waals surface area contributed by atoms with Crippen LogP contribution in [0.2, 0.25) is 0 Å². The predicted octanol–water partition coefficient (Wildman–Crippen LogP) is 2.56. The Morgan fingerprint density at radius 2 is 2.00 bits per heavy atom. The highest BCUT2D eigenvalue weighted by molar-refractivity contribution is 5.76. The third-order valence-electron chi connectivity index (χ3n) is 6.13. The second-order valence-corrected chi connectivity index (χ2v) is 8.73. The predicted molar refractivity (Wildman–Crippen MR) is 123 cm³/mol. The third kappa shape index (κ3) is 5.24. The Balaban J connectivity index is 1.18. The van der Waals surface area contributed by atoms with E-state index in [0.717, 1.165) is 67.5 Å². The lowest BCUT2D eigenvalue weighted by Gasteiger charge is -2.27. The third-order valence-corrected chi connectivity index (χ3v) is 6.13. The summed E-state index contributed by atoms with van der Waals surface area (Å²) in [4.78, 5) is 28.1. The maximum Gasteiger partial charge on any atom is 0.220 e. The standard InChI is InChI=1S/C24H30N6O2/c31-23(15-18-2-3-18)25-7-1-8-30-9-6-20-17-26-21(28-24(20)30)14-19-4-5-22(27-16-19)29-10-12-32-13-11-29/h4-6,9,16-18H,1-3,7-8,10-15H2,(H,25,31). The molecule has 32 heavy (non-hydrogen) atoms. The number of carbonyl (C=O) groups excluding carboxylic acids is 1. The van der Waals surface area contributed by atoms with Gasteiger partial charge in [0.15, 0.2) is 0 Å². The molecule has 1 N–H and O–H groups in total. The molecule has 1 saturated carbocycles. The van der Waals surface area contributed by atoms with Gasteiger partial charge < -0.3 is 19.5 Å². The van der Waals surface area contributed by atoms with Gasteiger partial charge in [-0.05, 0) is 42.9 Å². The molecule has 2 aliphatic rings. The van der Waals surface area contributed by atoms with E-state index >= 15 is 0 Å². The molecule has 3 aromatic heterocycles. The number of rotatable bonds is 9. The second kappa shape index (κ2) is 9.65. The number of aryl methyl sites for hydroxylation is 1. The molecule has 8 nitrogen and oxygen atoms in total. The van der Waals surface area contributed by atoms with E-state index in [4.69, 9.17) is 9.72 Å². The SMILES string of the molecule is O=C(CC1CC1)NCCCn1ccc2cnc(Cc3ccc(N4CCOCC4)nc3)nc21. The summed E-state index contributed by atoms with van der Waals surface area (Å²) < 4.78 is 7.56. The van der Waals surface area contributed by atoms with Crippen LogP contribution in [0, 0.1) is 5.92 Å². The van der Waals surface area contributed by atoms with Crippen LogP contribution in [0.25, 0.3) is 11.0 Å². The van der Waals surface area contributed by atoms with Gasteiger partial charge >= 0.3 is 0 Å². The molecule has 0 atom stereocenters. The maximum atomic E-state index is 11.8. The van der Waals surface area contributed by atoms with Crippen molar-refractivity contribution in [3.63, 3.8) is 0 Å². The first-order valence-corrected chi connectivity index (χ1v) is 11.6. The first-order valence-electron chi connectivity index (χ1n) is 11.6. The van der Waals surface area contributed by atoms with Crippen molar-refractivity contribution in [2.45, 2.75) is 38.6 Å². The lowest BCUT2D eigenvalue weighted by Crippen LogP contribution is -2.36. The van der Waals surface area contributed by atoms with Gasteiger partial charge in [0.25, 0.3) is 0 Å². The van der Waals surface area contributed by atoms with Crippen LogP contribution in [0.15, 0.2) is 36.8 Å². The lowest BCUT2D eigenvalue weighted by molar-refractivity contribution is -0.121. The number of hydrogen-bond acceptors (Lipinski definition) is 6. The normalized spacial score (nSPS) is 16.4.